The van der Waals surface area contributed by atoms with Gasteiger partial charge >= 0.3 is 5.97 Å². The fourth-order valence-corrected chi connectivity index (χ4v) is 2.91. The summed E-state index contributed by atoms with van der Waals surface area (Å²) in [6.07, 6.45) is 0.515. The number of halogens is 1. The van der Waals surface area contributed by atoms with Crippen LogP contribution >= 0.6 is 27.3 Å². The Balaban J connectivity index is 1.63. The molecule has 27 heavy (non-hydrogen) atoms. The third-order valence-corrected chi connectivity index (χ3v) is 5.01. The van der Waals surface area contributed by atoms with Crippen molar-refractivity contribution in [3.8, 4) is 0 Å². The Bertz CT molecular complexity index is 840. The van der Waals surface area contributed by atoms with Crippen LogP contribution in [-0.4, -0.2) is 34.6 Å². The third kappa shape index (κ3) is 7.43. The minimum absolute atomic E-state index is 0.0488. The number of esters is 1. The number of hydrogen-bond acceptors (Lipinski definition) is 7. The summed E-state index contributed by atoms with van der Waals surface area (Å²) < 4.78 is 5.86. The zero-order valence-electron chi connectivity index (χ0n) is 14.9. The van der Waals surface area contributed by atoms with Crippen LogP contribution < -0.4 is 10.6 Å². The van der Waals surface area contributed by atoms with E-state index in [0.29, 0.717) is 17.2 Å². The van der Waals surface area contributed by atoms with Crippen molar-refractivity contribution in [2.24, 2.45) is 0 Å². The van der Waals surface area contributed by atoms with Crippen molar-refractivity contribution in [2.45, 2.75) is 33.1 Å². The van der Waals surface area contributed by atoms with Crippen molar-refractivity contribution >= 4 is 55.9 Å². The number of hydrogen-bond donors (Lipinski definition) is 2. The number of carbonyl (C=O) groups excluding carboxylic acids is 3. The summed E-state index contributed by atoms with van der Waals surface area (Å²) >= 11 is 4.66. The average molecular weight is 455 g/mol. The van der Waals surface area contributed by atoms with Crippen LogP contribution in [0, 0.1) is 13.8 Å². The minimum Gasteiger partial charge on any atom is -0.456 e. The molecular weight excluding hydrogens is 436 g/mol. The number of benzene rings is 1. The summed E-state index contributed by atoms with van der Waals surface area (Å²) in [6.45, 7) is 3.32. The number of amides is 2. The van der Waals surface area contributed by atoms with E-state index < -0.39 is 11.9 Å². The van der Waals surface area contributed by atoms with Crippen LogP contribution in [0.5, 0.6) is 0 Å². The molecule has 1 aromatic heterocycles. The van der Waals surface area contributed by atoms with Gasteiger partial charge < -0.3 is 15.4 Å². The fourth-order valence-electron chi connectivity index (χ4n) is 2.06. The molecule has 2 aromatic rings. The summed E-state index contributed by atoms with van der Waals surface area (Å²) in [7, 11) is 0. The molecule has 0 bridgehead atoms. The molecule has 144 valence electrons. The molecule has 0 saturated carbocycles. The molecule has 0 aliphatic rings. The Labute approximate surface area is 168 Å². The quantitative estimate of drug-likeness (QED) is 0.592. The van der Waals surface area contributed by atoms with E-state index in [2.05, 4.69) is 36.8 Å². The summed E-state index contributed by atoms with van der Waals surface area (Å²) in [5, 5.41) is 14.0. The average Bonchev–Trinajstić information content (AvgIpc) is 3.01. The van der Waals surface area contributed by atoms with Gasteiger partial charge in [0, 0.05) is 23.0 Å². The highest BCUT2D eigenvalue weighted by atomic mass is 79.9. The van der Waals surface area contributed by atoms with Crippen molar-refractivity contribution in [1.29, 1.82) is 0 Å². The van der Waals surface area contributed by atoms with E-state index in [0.717, 1.165) is 15.0 Å². The molecule has 0 aliphatic heterocycles. The van der Waals surface area contributed by atoms with Gasteiger partial charge in [-0.2, -0.15) is 0 Å². The highest BCUT2D eigenvalue weighted by Crippen LogP contribution is 2.20. The van der Waals surface area contributed by atoms with Gasteiger partial charge in [0.2, 0.25) is 11.0 Å². The maximum absolute atomic E-state index is 11.8. The molecule has 0 unspecified atom stereocenters. The summed E-state index contributed by atoms with van der Waals surface area (Å²) in [5.74, 6) is -1.20. The standard InChI is InChI=1S/C17H19BrN4O4S/c1-10-8-12(6-7-13(10)18)19-15(24)9-26-16(25)5-3-4-14(23)20-17-22-21-11(2)27-17/h6-8H,3-5,9H2,1-2H3,(H,19,24)(H,20,22,23). The molecule has 1 aromatic carbocycles. The number of anilines is 2. The first-order chi connectivity index (χ1) is 12.8. The number of nitrogens with zero attached hydrogens (tertiary/aromatic N) is 2. The van der Waals surface area contributed by atoms with Crippen LogP contribution in [0.4, 0.5) is 10.8 Å². The molecule has 0 saturated heterocycles. The van der Waals surface area contributed by atoms with Gasteiger partial charge in [-0.05, 0) is 44.0 Å². The second-order valence-electron chi connectivity index (χ2n) is 5.70. The molecule has 0 fully saturated rings. The number of aromatic nitrogens is 2. The van der Waals surface area contributed by atoms with E-state index in [1.165, 1.54) is 11.3 Å². The van der Waals surface area contributed by atoms with Gasteiger partial charge in [0.05, 0.1) is 0 Å². The van der Waals surface area contributed by atoms with Crippen LogP contribution in [0.1, 0.15) is 29.8 Å². The van der Waals surface area contributed by atoms with Crippen molar-refractivity contribution in [3.05, 3.63) is 33.2 Å². The van der Waals surface area contributed by atoms with Crippen LogP contribution in [0.25, 0.3) is 0 Å². The topological polar surface area (TPSA) is 110 Å². The zero-order chi connectivity index (χ0) is 19.8. The second-order valence-corrected chi connectivity index (χ2v) is 7.74. The first kappa shape index (κ1) is 21.0. The summed E-state index contributed by atoms with van der Waals surface area (Å²) in [5.41, 5.74) is 1.60. The number of rotatable bonds is 8. The minimum atomic E-state index is -0.531. The number of ether oxygens (including phenoxy) is 1. The molecule has 2 rings (SSSR count). The van der Waals surface area contributed by atoms with Crippen LogP contribution in [0.3, 0.4) is 0 Å². The van der Waals surface area contributed by atoms with Crippen LogP contribution in [0.2, 0.25) is 0 Å². The smallest absolute Gasteiger partial charge is 0.306 e. The Kier molecular flexibility index (Phi) is 7.86. The monoisotopic (exact) mass is 454 g/mol. The predicted octanol–water partition coefficient (Wildman–Crippen LogP) is 3.21. The molecule has 2 N–H and O–H groups in total. The van der Waals surface area contributed by atoms with Gasteiger partial charge in [0.15, 0.2) is 6.61 Å². The van der Waals surface area contributed by atoms with E-state index in [9.17, 15) is 14.4 Å². The first-order valence-corrected chi connectivity index (χ1v) is 9.76. The highest BCUT2D eigenvalue weighted by molar-refractivity contribution is 9.10. The van der Waals surface area contributed by atoms with Crippen molar-refractivity contribution in [2.75, 3.05) is 17.2 Å². The molecule has 8 nitrogen and oxygen atoms in total. The van der Waals surface area contributed by atoms with Gasteiger partial charge in [-0.1, -0.05) is 27.3 Å². The van der Waals surface area contributed by atoms with Gasteiger partial charge in [-0.15, -0.1) is 10.2 Å². The second kappa shape index (κ2) is 10.1. The highest BCUT2D eigenvalue weighted by Gasteiger charge is 2.11. The van der Waals surface area contributed by atoms with E-state index in [-0.39, 0.29) is 25.4 Å². The molecule has 10 heteroatoms. The maximum Gasteiger partial charge on any atom is 0.306 e. The number of nitrogens with one attached hydrogen (secondary N) is 2. The molecular formula is C17H19BrN4O4S. The van der Waals surface area contributed by atoms with Crippen molar-refractivity contribution in [1.82, 2.24) is 10.2 Å². The number of aryl methyl sites for hydroxylation is 2. The first-order valence-electron chi connectivity index (χ1n) is 8.15. The van der Waals surface area contributed by atoms with Crippen molar-refractivity contribution < 1.29 is 19.1 Å². The van der Waals surface area contributed by atoms with Gasteiger partial charge in [-0.3, -0.25) is 14.4 Å². The zero-order valence-corrected chi connectivity index (χ0v) is 17.3. The van der Waals surface area contributed by atoms with Gasteiger partial charge in [-0.25, -0.2) is 0 Å². The molecule has 0 spiro atoms. The summed E-state index contributed by atoms with van der Waals surface area (Å²) in [4.78, 5) is 35.2. The van der Waals surface area contributed by atoms with Crippen molar-refractivity contribution in [3.63, 3.8) is 0 Å². The lowest BCUT2D eigenvalue weighted by Gasteiger charge is -2.08. The molecule has 1 heterocycles. The normalized spacial score (nSPS) is 10.3. The molecule has 0 radical (unpaired) electrons. The van der Waals surface area contributed by atoms with E-state index >= 15 is 0 Å². The Morgan fingerprint density at radius 1 is 1.11 bits per heavy atom. The Morgan fingerprint density at radius 3 is 2.56 bits per heavy atom. The molecule has 0 aliphatic carbocycles. The largest absolute Gasteiger partial charge is 0.456 e. The lowest BCUT2D eigenvalue weighted by atomic mass is 10.2. The lowest BCUT2D eigenvalue weighted by molar-refractivity contribution is -0.147. The summed E-state index contributed by atoms with van der Waals surface area (Å²) in [6, 6.07) is 5.38. The third-order valence-electron chi connectivity index (χ3n) is 3.36. The van der Waals surface area contributed by atoms with Gasteiger partial charge in [0.25, 0.3) is 5.91 Å². The molecule has 2 amide bonds. The van der Waals surface area contributed by atoms with E-state index in [1.807, 2.05) is 19.1 Å². The predicted molar refractivity (Wildman–Crippen MR) is 106 cm³/mol. The van der Waals surface area contributed by atoms with Gasteiger partial charge in [0.1, 0.15) is 5.01 Å². The van der Waals surface area contributed by atoms with E-state index in [1.54, 1.807) is 13.0 Å². The van der Waals surface area contributed by atoms with E-state index in [4.69, 9.17) is 4.74 Å². The lowest BCUT2D eigenvalue weighted by Crippen LogP contribution is -2.21. The van der Waals surface area contributed by atoms with Crippen LogP contribution in [-0.2, 0) is 19.1 Å². The Morgan fingerprint density at radius 2 is 1.89 bits per heavy atom. The molecule has 0 atom stereocenters. The number of carbonyl (C=O) groups is 3. The van der Waals surface area contributed by atoms with Crippen LogP contribution in [0.15, 0.2) is 22.7 Å². The SMILES string of the molecule is Cc1nnc(NC(=O)CCCC(=O)OCC(=O)Nc2ccc(Br)c(C)c2)s1. The fraction of sp³-hybridized carbons (Fsp3) is 0.353. The maximum atomic E-state index is 11.8. The Hall–Kier alpha value is -2.33.